The summed E-state index contributed by atoms with van der Waals surface area (Å²) in [4.78, 5) is 12.3. The Morgan fingerprint density at radius 3 is 2.32 bits per heavy atom. The van der Waals surface area contributed by atoms with Gasteiger partial charge in [0, 0.05) is 16.1 Å². The Balaban J connectivity index is 1.67. The first-order valence-electron chi connectivity index (χ1n) is 9.14. The number of sulfonamides is 1. The Kier molecular flexibility index (Phi) is 7.33. The molecular formula is C22H19Cl2N3O3S. The molecule has 0 heterocycles. The minimum atomic E-state index is -3.47. The number of anilines is 1. The van der Waals surface area contributed by atoms with Gasteiger partial charge in [-0.2, -0.15) is 5.10 Å². The van der Waals surface area contributed by atoms with Gasteiger partial charge in [-0.05, 0) is 42.0 Å². The lowest BCUT2D eigenvalue weighted by Crippen LogP contribution is -2.29. The maximum absolute atomic E-state index is 12.3. The number of rotatable bonds is 7. The second-order valence-corrected chi connectivity index (χ2v) is 9.42. The third kappa shape index (κ3) is 6.30. The first kappa shape index (κ1) is 22.8. The lowest BCUT2D eigenvalue weighted by Gasteiger charge is -2.22. The summed E-state index contributed by atoms with van der Waals surface area (Å²) in [5.41, 5.74) is 4.74. The zero-order valence-corrected chi connectivity index (χ0v) is 18.8. The van der Waals surface area contributed by atoms with E-state index in [0.29, 0.717) is 26.9 Å². The Hall–Kier alpha value is -2.87. The molecule has 1 N–H and O–H groups in total. The summed E-state index contributed by atoms with van der Waals surface area (Å²) in [6, 6.07) is 20.4. The maximum atomic E-state index is 12.3. The molecule has 0 fully saturated rings. The molecule has 0 spiro atoms. The highest BCUT2D eigenvalue weighted by atomic mass is 35.5. The number of hydrogen-bond donors (Lipinski definition) is 1. The van der Waals surface area contributed by atoms with Crippen molar-refractivity contribution in [3.8, 4) is 0 Å². The number of halogens is 2. The van der Waals surface area contributed by atoms with Crippen LogP contribution in [0.5, 0.6) is 0 Å². The van der Waals surface area contributed by atoms with Gasteiger partial charge in [0.05, 0.1) is 29.7 Å². The molecule has 3 aromatic rings. The van der Waals surface area contributed by atoms with Crippen LogP contribution in [0.4, 0.5) is 5.69 Å². The van der Waals surface area contributed by atoms with Gasteiger partial charge in [0.1, 0.15) is 0 Å². The normalized spacial score (nSPS) is 11.5. The third-order valence-electron chi connectivity index (χ3n) is 4.32. The number of nitrogens with one attached hydrogen (secondary N) is 1. The summed E-state index contributed by atoms with van der Waals surface area (Å²) in [6.45, 7) is 0.151. The number of nitrogens with zero attached hydrogens (tertiary/aromatic N) is 2. The van der Waals surface area contributed by atoms with Crippen LogP contribution in [-0.4, -0.2) is 26.8 Å². The highest BCUT2D eigenvalue weighted by molar-refractivity contribution is 7.92. The highest BCUT2D eigenvalue weighted by Gasteiger charge is 2.17. The predicted octanol–water partition coefficient (Wildman–Crippen LogP) is 4.72. The Morgan fingerprint density at radius 1 is 1.03 bits per heavy atom. The van der Waals surface area contributed by atoms with Crippen molar-refractivity contribution in [1.29, 1.82) is 0 Å². The van der Waals surface area contributed by atoms with Gasteiger partial charge in [-0.3, -0.25) is 9.10 Å². The summed E-state index contributed by atoms with van der Waals surface area (Å²) in [5, 5.41) is 4.84. The van der Waals surface area contributed by atoms with Gasteiger partial charge < -0.3 is 0 Å². The fourth-order valence-electron chi connectivity index (χ4n) is 2.75. The second kappa shape index (κ2) is 9.96. The molecule has 0 radical (unpaired) electrons. The summed E-state index contributed by atoms with van der Waals surface area (Å²) in [6.07, 6.45) is 2.58. The number of para-hydroxylation sites is 1. The molecule has 160 valence electrons. The van der Waals surface area contributed by atoms with Crippen molar-refractivity contribution in [2.75, 3.05) is 10.6 Å². The second-order valence-electron chi connectivity index (χ2n) is 6.67. The van der Waals surface area contributed by atoms with Crippen LogP contribution >= 0.6 is 23.2 Å². The summed E-state index contributed by atoms with van der Waals surface area (Å²) in [5.74, 6) is -0.407. The Morgan fingerprint density at radius 2 is 1.71 bits per heavy atom. The van der Waals surface area contributed by atoms with Gasteiger partial charge in [0.25, 0.3) is 5.91 Å². The topological polar surface area (TPSA) is 78.8 Å². The predicted molar refractivity (Wildman–Crippen MR) is 125 cm³/mol. The average Bonchev–Trinajstić information content (AvgIpc) is 2.73. The number of hydrogen-bond acceptors (Lipinski definition) is 4. The van der Waals surface area contributed by atoms with E-state index in [2.05, 4.69) is 10.5 Å². The molecule has 1 amide bonds. The lowest BCUT2D eigenvalue weighted by atomic mass is 10.1. The zero-order valence-electron chi connectivity index (χ0n) is 16.5. The molecule has 31 heavy (non-hydrogen) atoms. The van der Waals surface area contributed by atoms with Crippen molar-refractivity contribution < 1.29 is 13.2 Å². The van der Waals surface area contributed by atoms with Crippen molar-refractivity contribution in [3.05, 3.63) is 99.5 Å². The molecule has 0 aliphatic heterocycles. The molecule has 0 saturated heterocycles. The molecule has 0 bridgehead atoms. The van der Waals surface area contributed by atoms with Crippen molar-refractivity contribution in [2.24, 2.45) is 5.10 Å². The van der Waals surface area contributed by atoms with Gasteiger partial charge in [-0.25, -0.2) is 13.8 Å². The van der Waals surface area contributed by atoms with Gasteiger partial charge >= 0.3 is 0 Å². The fourth-order valence-corrected chi connectivity index (χ4v) is 4.10. The molecular weight excluding hydrogens is 457 g/mol. The van der Waals surface area contributed by atoms with E-state index >= 15 is 0 Å². The molecule has 0 saturated carbocycles. The molecule has 0 aliphatic rings. The van der Waals surface area contributed by atoms with Crippen LogP contribution in [0.25, 0.3) is 0 Å². The smallest absolute Gasteiger partial charge is 0.267 e. The minimum absolute atomic E-state index is 0.151. The van der Waals surface area contributed by atoms with Gasteiger partial charge in [0.2, 0.25) is 10.0 Å². The monoisotopic (exact) mass is 475 g/mol. The Labute approximate surface area is 191 Å². The quantitative estimate of drug-likeness (QED) is 0.396. The fraction of sp³-hybridized carbons (Fsp3) is 0.0909. The van der Waals surface area contributed by atoms with Crippen LogP contribution in [0.2, 0.25) is 10.0 Å². The third-order valence-corrected chi connectivity index (χ3v) is 6.02. The Bertz CT molecular complexity index is 1200. The van der Waals surface area contributed by atoms with Crippen LogP contribution in [-0.2, 0) is 16.6 Å². The number of amides is 1. The molecule has 3 rings (SSSR count). The maximum Gasteiger partial charge on any atom is 0.271 e. The van der Waals surface area contributed by atoms with Crippen LogP contribution in [0, 0.1) is 0 Å². The number of carbonyl (C=O) groups excluding carboxylic acids is 1. The van der Waals surface area contributed by atoms with E-state index in [0.717, 1.165) is 11.8 Å². The van der Waals surface area contributed by atoms with Crippen molar-refractivity contribution in [3.63, 3.8) is 0 Å². The van der Waals surface area contributed by atoms with E-state index in [9.17, 15) is 13.2 Å². The van der Waals surface area contributed by atoms with Crippen molar-refractivity contribution in [1.82, 2.24) is 5.43 Å². The molecule has 0 aromatic heterocycles. The lowest BCUT2D eigenvalue weighted by molar-refractivity contribution is 0.0955. The van der Waals surface area contributed by atoms with E-state index < -0.39 is 15.9 Å². The van der Waals surface area contributed by atoms with Crippen molar-refractivity contribution in [2.45, 2.75) is 6.54 Å². The summed E-state index contributed by atoms with van der Waals surface area (Å²) >= 11 is 11.9. The molecule has 0 atom stereocenters. The molecule has 6 nitrogen and oxygen atoms in total. The van der Waals surface area contributed by atoms with Crippen molar-refractivity contribution >= 4 is 51.0 Å². The number of hydrazone groups is 1. The van der Waals surface area contributed by atoms with Crippen LogP contribution < -0.4 is 9.73 Å². The van der Waals surface area contributed by atoms with E-state index in [-0.39, 0.29) is 6.54 Å². The number of benzene rings is 3. The van der Waals surface area contributed by atoms with E-state index in [1.165, 1.54) is 10.5 Å². The first-order chi connectivity index (χ1) is 14.7. The largest absolute Gasteiger partial charge is 0.271 e. The van der Waals surface area contributed by atoms with Gasteiger partial charge in [-0.15, -0.1) is 0 Å². The highest BCUT2D eigenvalue weighted by Crippen LogP contribution is 2.21. The van der Waals surface area contributed by atoms with E-state index in [1.54, 1.807) is 66.7 Å². The molecule has 9 heteroatoms. The molecule has 0 aliphatic carbocycles. The molecule has 3 aromatic carbocycles. The number of carbonyl (C=O) groups is 1. The van der Waals surface area contributed by atoms with Crippen LogP contribution in [0.1, 0.15) is 21.5 Å². The summed E-state index contributed by atoms with van der Waals surface area (Å²) < 4.78 is 25.7. The summed E-state index contributed by atoms with van der Waals surface area (Å²) in [7, 11) is -3.47. The minimum Gasteiger partial charge on any atom is -0.267 e. The molecule has 0 unspecified atom stereocenters. The standard InChI is InChI=1S/C22H19Cl2N3O3S/c1-31(29,30)27(20-5-3-2-4-6-20)15-16-7-9-17(10-8-16)22(28)26-25-14-18-11-12-19(23)13-21(18)24/h2-14H,15H2,1H3,(H,26,28)/b25-14-. The van der Waals surface area contributed by atoms with E-state index in [4.69, 9.17) is 23.2 Å². The van der Waals surface area contributed by atoms with Gasteiger partial charge in [0.15, 0.2) is 0 Å². The van der Waals surface area contributed by atoms with Crippen LogP contribution in [0.3, 0.4) is 0 Å². The average molecular weight is 476 g/mol. The SMILES string of the molecule is CS(=O)(=O)N(Cc1ccc(C(=O)N/N=C\c2ccc(Cl)cc2Cl)cc1)c1ccccc1. The van der Waals surface area contributed by atoms with Gasteiger partial charge in [-0.1, -0.05) is 59.6 Å². The van der Waals surface area contributed by atoms with Crippen LogP contribution in [0.15, 0.2) is 77.9 Å². The first-order valence-corrected chi connectivity index (χ1v) is 11.7. The van der Waals surface area contributed by atoms with E-state index in [1.807, 2.05) is 6.07 Å². The zero-order chi connectivity index (χ0) is 22.4.